The van der Waals surface area contributed by atoms with E-state index in [2.05, 4.69) is 0 Å². The van der Waals surface area contributed by atoms with Gasteiger partial charge in [0.15, 0.2) is 0 Å². The molecule has 0 atom stereocenters. The summed E-state index contributed by atoms with van der Waals surface area (Å²) in [5.41, 5.74) is 0.252. The number of carbonyl (C=O) groups is 2. The van der Waals surface area contributed by atoms with Gasteiger partial charge in [-0.25, -0.2) is 9.29 Å². The molecule has 1 aliphatic heterocycles. The molecule has 2 heterocycles. The van der Waals surface area contributed by atoms with Crippen molar-refractivity contribution >= 4 is 46.0 Å². The van der Waals surface area contributed by atoms with E-state index in [1.54, 1.807) is 6.08 Å². The Morgan fingerprint density at radius 3 is 2.70 bits per heavy atom. The van der Waals surface area contributed by atoms with Crippen molar-refractivity contribution in [1.82, 2.24) is 0 Å². The lowest BCUT2D eigenvalue weighted by molar-refractivity contribution is -0.113. The highest BCUT2D eigenvalue weighted by atomic mass is 32.2. The minimum absolute atomic E-state index is 0.252. The number of amides is 2. The minimum atomic E-state index is -0.483. The summed E-state index contributed by atoms with van der Waals surface area (Å²) in [6, 6.07) is 9.17. The monoisotopic (exact) mass is 305 g/mol. The zero-order chi connectivity index (χ0) is 14.1. The number of benzene rings is 1. The summed E-state index contributed by atoms with van der Waals surface area (Å²) in [4.78, 5) is 26.4. The summed E-state index contributed by atoms with van der Waals surface area (Å²) in [6.07, 6.45) is 1.68. The maximum atomic E-state index is 13.2. The number of thiophene rings is 1. The van der Waals surface area contributed by atoms with Gasteiger partial charge in [0.2, 0.25) is 0 Å². The molecule has 0 unspecified atom stereocenters. The number of hydrogen-bond donors (Lipinski definition) is 0. The average molecular weight is 305 g/mol. The summed E-state index contributed by atoms with van der Waals surface area (Å²) < 4.78 is 13.2. The molecular formula is C14H8FNO2S2. The van der Waals surface area contributed by atoms with Crippen molar-refractivity contribution in [3.63, 3.8) is 0 Å². The number of imide groups is 1. The molecule has 100 valence electrons. The maximum Gasteiger partial charge on any atom is 0.298 e. The molecule has 6 heteroatoms. The first-order valence-electron chi connectivity index (χ1n) is 5.72. The van der Waals surface area contributed by atoms with E-state index in [9.17, 15) is 14.0 Å². The van der Waals surface area contributed by atoms with E-state index in [-0.39, 0.29) is 5.69 Å². The van der Waals surface area contributed by atoms with Crippen LogP contribution < -0.4 is 4.90 Å². The van der Waals surface area contributed by atoms with Crippen LogP contribution in [0.25, 0.3) is 6.08 Å². The van der Waals surface area contributed by atoms with Crippen molar-refractivity contribution in [2.45, 2.75) is 0 Å². The van der Waals surface area contributed by atoms with Gasteiger partial charge in [0.1, 0.15) is 5.82 Å². The molecular weight excluding hydrogens is 297 g/mol. The highest BCUT2D eigenvalue weighted by Gasteiger charge is 2.36. The Bertz CT molecular complexity index is 710. The Labute approximate surface area is 122 Å². The van der Waals surface area contributed by atoms with Gasteiger partial charge >= 0.3 is 0 Å². The average Bonchev–Trinajstić information content (AvgIpc) is 2.99. The molecule has 0 bridgehead atoms. The van der Waals surface area contributed by atoms with Gasteiger partial charge in [0.05, 0.1) is 10.6 Å². The van der Waals surface area contributed by atoms with Crippen molar-refractivity contribution in [2.75, 3.05) is 4.90 Å². The largest absolute Gasteiger partial charge is 0.298 e. The van der Waals surface area contributed by atoms with Gasteiger partial charge in [-0.1, -0.05) is 12.1 Å². The molecule has 1 fully saturated rings. The third kappa shape index (κ3) is 2.39. The van der Waals surface area contributed by atoms with E-state index in [0.29, 0.717) is 4.91 Å². The molecule has 0 saturated carbocycles. The molecule has 1 aromatic heterocycles. The van der Waals surface area contributed by atoms with Crippen molar-refractivity contribution in [3.05, 3.63) is 57.4 Å². The number of hydrogen-bond acceptors (Lipinski definition) is 4. The molecule has 0 spiro atoms. The topological polar surface area (TPSA) is 37.4 Å². The van der Waals surface area contributed by atoms with Crippen LogP contribution in [0.5, 0.6) is 0 Å². The fourth-order valence-corrected chi connectivity index (χ4v) is 3.37. The number of nitrogens with zero attached hydrogens (tertiary/aromatic N) is 1. The summed E-state index contributed by atoms with van der Waals surface area (Å²) in [7, 11) is 0. The van der Waals surface area contributed by atoms with Gasteiger partial charge in [0, 0.05) is 4.88 Å². The minimum Gasteiger partial charge on any atom is -0.268 e. The van der Waals surface area contributed by atoms with E-state index in [1.807, 2.05) is 17.5 Å². The molecule has 0 radical (unpaired) electrons. The highest BCUT2D eigenvalue weighted by molar-refractivity contribution is 8.19. The lowest BCUT2D eigenvalue weighted by Gasteiger charge is -2.11. The Balaban J connectivity index is 1.95. The third-order valence-corrected chi connectivity index (χ3v) is 4.37. The molecule has 1 aliphatic rings. The van der Waals surface area contributed by atoms with E-state index in [4.69, 9.17) is 0 Å². The maximum absolute atomic E-state index is 13.2. The van der Waals surface area contributed by atoms with E-state index in [1.165, 1.54) is 35.6 Å². The van der Waals surface area contributed by atoms with Crippen LogP contribution in [0.1, 0.15) is 4.88 Å². The van der Waals surface area contributed by atoms with Gasteiger partial charge in [-0.3, -0.25) is 9.59 Å². The van der Waals surface area contributed by atoms with E-state index < -0.39 is 17.0 Å². The standard InChI is InChI=1S/C14H8FNO2S2/c15-9-3-1-4-10(7-9)16-13(17)12(20-14(16)18)8-11-5-2-6-19-11/h1-8H/b12-8+. The van der Waals surface area contributed by atoms with Gasteiger partial charge in [-0.05, 0) is 47.5 Å². The van der Waals surface area contributed by atoms with Crippen molar-refractivity contribution < 1.29 is 14.0 Å². The van der Waals surface area contributed by atoms with Crippen LogP contribution in [0, 0.1) is 5.82 Å². The van der Waals surface area contributed by atoms with Crippen LogP contribution in [0.15, 0.2) is 46.7 Å². The fourth-order valence-electron chi connectivity index (χ4n) is 1.81. The first-order valence-corrected chi connectivity index (χ1v) is 7.42. The second-order valence-corrected chi connectivity index (χ2v) is 5.98. The number of halogens is 1. The highest BCUT2D eigenvalue weighted by Crippen LogP contribution is 2.36. The summed E-state index contributed by atoms with van der Waals surface area (Å²) in [5, 5.41) is 1.48. The normalized spacial score (nSPS) is 17.2. The van der Waals surface area contributed by atoms with Gasteiger partial charge < -0.3 is 0 Å². The second kappa shape index (κ2) is 5.22. The van der Waals surface area contributed by atoms with Crippen LogP contribution in [0.4, 0.5) is 14.9 Å². The molecule has 2 amide bonds. The second-order valence-electron chi connectivity index (χ2n) is 4.01. The molecule has 2 aromatic rings. The number of anilines is 1. The molecule has 3 nitrogen and oxygen atoms in total. The van der Waals surface area contributed by atoms with Gasteiger partial charge in [-0.2, -0.15) is 0 Å². The molecule has 20 heavy (non-hydrogen) atoms. The quantitative estimate of drug-likeness (QED) is 0.783. The first-order chi connectivity index (χ1) is 9.65. The summed E-state index contributed by atoms with van der Waals surface area (Å²) in [6.45, 7) is 0. The predicted octanol–water partition coefficient (Wildman–Crippen LogP) is 4.13. The molecule has 3 rings (SSSR count). The van der Waals surface area contributed by atoms with Crippen LogP contribution in [0.2, 0.25) is 0 Å². The third-order valence-electron chi connectivity index (χ3n) is 2.68. The van der Waals surface area contributed by atoms with Crippen LogP contribution in [0.3, 0.4) is 0 Å². The molecule has 0 N–H and O–H groups in total. The number of thioether (sulfide) groups is 1. The van der Waals surface area contributed by atoms with Crippen LogP contribution >= 0.6 is 23.1 Å². The Kier molecular flexibility index (Phi) is 3.42. The smallest absolute Gasteiger partial charge is 0.268 e. The van der Waals surface area contributed by atoms with E-state index in [0.717, 1.165) is 21.5 Å². The predicted molar refractivity (Wildman–Crippen MR) is 79.2 cm³/mol. The molecule has 0 aliphatic carbocycles. The van der Waals surface area contributed by atoms with Crippen molar-refractivity contribution in [2.24, 2.45) is 0 Å². The van der Waals surface area contributed by atoms with Crippen molar-refractivity contribution in [3.8, 4) is 0 Å². The Morgan fingerprint density at radius 1 is 1.15 bits per heavy atom. The summed E-state index contributed by atoms with van der Waals surface area (Å²) >= 11 is 2.34. The lowest BCUT2D eigenvalue weighted by Crippen LogP contribution is -2.27. The summed E-state index contributed by atoms with van der Waals surface area (Å²) in [5.74, 6) is -0.900. The number of carbonyl (C=O) groups excluding carboxylic acids is 2. The first kappa shape index (κ1) is 13.1. The Morgan fingerprint density at radius 2 is 2.00 bits per heavy atom. The van der Waals surface area contributed by atoms with E-state index >= 15 is 0 Å². The SMILES string of the molecule is O=C1S/C(=C/c2cccs2)C(=O)N1c1cccc(F)c1. The lowest BCUT2D eigenvalue weighted by atomic mass is 10.3. The van der Waals surface area contributed by atoms with Crippen molar-refractivity contribution in [1.29, 1.82) is 0 Å². The molecule has 1 aromatic carbocycles. The Hall–Kier alpha value is -1.92. The van der Waals surface area contributed by atoms with Crippen LogP contribution in [-0.4, -0.2) is 11.1 Å². The van der Waals surface area contributed by atoms with Gasteiger partial charge in [-0.15, -0.1) is 11.3 Å². The zero-order valence-electron chi connectivity index (χ0n) is 10.1. The zero-order valence-corrected chi connectivity index (χ0v) is 11.7. The number of rotatable bonds is 2. The van der Waals surface area contributed by atoms with Crippen LogP contribution in [-0.2, 0) is 4.79 Å². The van der Waals surface area contributed by atoms with Gasteiger partial charge in [0.25, 0.3) is 11.1 Å². The fraction of sp³-hybridized carbons (Fsp3) is 0. The molecule has 1 saturated heterocycles.